The molecule has 0 unspecified atom stereocenters. The zero-order chi connectivity index (χ0) is 11.4. The van der Waals surface area contributed by atoms with Crippen molar-refractivity contribution in [2.24, 2.45) is 5.73 Å². The first kappa shape index (κ1) is 11.2. The van der Waals surface area contributed by atoms with Gasteiger partial charge in [-0.3, -0.25) is 9.59 Å². The Bertz CT molecular complexity index is 371. The summed E-state index contributed by atoms with van der Waals surface area (Å²) in [6, 6.07) is 7.05. The maximum atomic E-state index is 10.9. The second kappa shape index (κ2) is 4.59. The van der Waals surface area contributed by atoms with Crippen LogP contribution in [0.3, 0.4) is 0 Å². The van der Waals surface area contributed by atoms with Crippen molar-refractivity contribution in [3.8, 4) is 0 Å². The lowest BCUT2D eigenvalue weighted by atomic mass is 10.0. The van der Waals surface area contributed by atoms with Crippen LogP contribution in [-0.2, 0) is 9.59 Å². The Morgan fingerprint density at radius 2 is 1.80 bits per heavy atom. The van der Waals surface area contributed by atoms with Gasteiger partial charge in [0.05, 0.1) is 5.92 Å². The average Bonchev–Trinajstić information content (AvgIpc) is 2.17. The lowest BCUT2D eigenvalue weighted by molar-refractivity contribution is -0.119. The summed E-state index contributed by atoms with van der Waals surface area (Å²) < 4.78 is 0. The third kappa shape index (κ3) is 3.09. The fourth-order valence-electron chi connectivity index (χ4n) is 1.22. The Hall–Kier alpha value is -1.84. The van der Waals surface area contributed by atoms with Crippen molar-refractivity contribution in [1.29, 1.82) is 0 Å². The second-order valence-corrected chi connectivity index (χ2v) is 3.43. The zero-order valence-corrected chi connectivity index (χ0v) is 8.78. The van der Waals surface area contributed by atoms with E-state index in [1.54, 1.807) is 31.2 Å². The van der Waals surface area contributed by atoms with E-state index in [1.807, 2.05) is 0 Å². The maximum absolute atomic E-state index is 10.9. The van der Waals surface area contributed by atoms with E-state index in [4.69, 9.17) is 5.73 Å². The highest BCUT2D eigenvalue weighted by Gasteiger charge is 2.10. The van der Waals surface area contributed by atoms with Crippen molar-refractivity contribution in [3.05, 3.63) is 29.8 Å². The molecule has 0 aliphatic carbocycles. The minimum absolute atomic E-state index is 0.120. The van der Waals surface area contributed by atoms with Crippen LogP contribution in [0.25, 0.3) is 0 Å². The number of hydrogen-bond donors (Lipinski definition) is 2. The van der Waals surface area contributed by atoms with E-state index >= 15 is 0 Å². The van der Waals surface area contributed by atoms with Crippen LogP contribution in [0.5, 0.6) is 0 Å². The van der Waals surface area contributed by atoms with Crippen LogP contribution in [0.15, 0.2) is 24.3 Å². The van der Waals surface area contributed by atoms with Crippen LogP contribution in [-0.4, -0.2) is 11.8 Å². The number of primary amides is 1. The highest BCUT2D eigenvalue weighted by atomic mass is 16.1. The summed E-state index contributed by atoms with van der Waals surface area (Å²) >= 11 is 0. The maximum Gasteiger partial charge on any atom is 0.224 e. The van der Waals surface area contributed by atoms with Crippen LogP contribution in [0.4, 0.5) is 5.69 Å². The summed E-state index contributed by atoms with van der Waals surface area (Å²) in [6.45, 7) is 3.19. The molecular formula is C11H14N2O2. The van der Waals surface area contributed by atoms with Gasteiger partial charge in [0.15, 0.2) is 0 Å². The molecule has 1 aromatic rings. The van der Waals surface area contributed by atoms with Crippen molar-refractivity contribution in [2.45, 2.75) is 19.8 Å². The van der Waals surface area contributed by atoms with E-state index in [0.717, 1.165) is 5.56 Å². The summed E-state index contributed by atoms with van der Waals surface area (Å²) in [5.74, 6) is -0.788. The highest BCUT2D eigenvalue weighted by molar-refractivity contribution is 5.88. The molecule has 1 aromatic carbocycles. The van der Waals surface area contributed by atoms with Crippen LogP contribution < -0.4 is 11.1 Å². The molecule has 0 fully saturated rings. The Balaban J connectivity index is 2.80. The summed E-state index contributed by atoms with van der Waals surface area (Å²) in [5.41, 5.74) is 6.73. The first-order valence-corrected chi connectivity index (χ1v) is 4.67. The van der Waals surface area contributed by atoms with Gasteiger partial charge in [-0.25, -0.2) is 0 Å². The third-order valence-electron chi connectivity index (χ3n) is 2.16. The van der Waals surface area contributed by atoms with E-state index in [-0.39, 0.29) is 17.7 Å². The van der Waals surface area contributed by atoms with Gasteiger partial charge in [-0.05, 0) is 24.6 Å². The number of nitrogens with two attached hydrogens (primary N) is 1. The average molecular weight is 206 g/mol. The molecule has 0 aliphatic heterocycles. The van der Waals surface area contributed by atoms with Crippen molar-refractivity contribution >= 4 is 17.5 Å². The topological polar surface area (TPSA) is 72.2 Å². The van der Waals surface area contributed by atoms with Gasteiger partial charge in [-0.15, -0.1) is 0 Å². The minimum Gasteiger partial charge on any atom is -0.369 e. The number of hydrogen-bond acceptors (Lipinski definition) is 2. The number of nitrogens with one attached hydrogen (secondary N) is 1. The molecule has 0 spiro atoms. The summed E-state index contributed by atoms with van der Waals surface area (Å²) in [4.78, 5) is 21.7. The largest absolute Gasteiger partial charge is 0.369 e. The van der Waals surface area contributed by atoms with Gasteiger partial charge in [0.1, 0.15) is 0 Å². The first-order valence-electron chi connectivity index (χ1n) is 4.67. The van der Waals surface area contributed by atoms with Crippen molar-refractivity contribution in [3.63, 3.8) is 0 Å². The minimum atomic E-state index is -0.359. The molecular weight excluding hydrogens is 192 g/mol. The van der Waals surface area contributed by atoms with Crippen molar-refractivity contribution < 1.29 is 9.59 Å². The number of rotatable bonds is 3. The van der Waals surface area contributed by atoms with Gasteiger partial charge in [-0.2, -0.15) is 0 Å². The summed E-state index contributed by atoms with van der Waals surface area (Å²) in [6.07, 6.45) is 0. The number of anilines is 1. The Morgan fingerprint density at radius 3 is 2.20 bits per heavy atom. The Kier molecular flexibility index (Phi) is 3.44. The lowest BCUT2D eigenvalue weighted by Crippen LogP contribution is -2.18. The van der Waals surface area contributed by atoms with Gasteiger partial charge in [-0.1, -0.05) is 12.1 Å². The van der Waals surface area contributed by atoms with E-state index in [9.17, 15) is 9.59 Å². The molecule has 2 amide bonds. The quantitative estimate of drug-likeness (QED) is 0.780. The van der Waals surface area contributed by atoms with Crippen molar-refractivity contribution in [2.75, 3.05) is 5.32 Å². The van der Waals surface area contributed by atoms with Gasteiger partial charge < -0.3 is 11.1 Å². The SMILES string of the molecule is CC(=O)Nc1ccc([C@@H](C)C(N)=O)cc1. The summed E-state index contributed by atoms with van der Waals surface area (Å²) in [7, 11) is 0. The molecule has 0 radical (unpaired) electrons. The predicted molar refractivity (Wildman–Crippen MR) is 58.4 cm³/mol. The van der Waals surface area contributed by atoms with Gasteiger partial charge in [0.25, 0.3) is 0 Å². The molecule has 80 valence electrons. The highest BCUT2D eigenvalue weighted by Crippen LogP contribution is 2.17. The molecule has 0 saturated carbocycles. The van der Waals surface area contributed by atoms with Crippen LogP contribution in [0.2, 0.25) is 0 Å². The zero-order valence-electron chi connectivity index (χ0n) is 8.78. The second-order valence-electron chi connectivity index (χ2n) is 3.43. The van der Waals surface area contributed by atoms with Gasteiger partial charge in [0, 0.05) is 12.6 Å². The van der Waals surface area contributed by atoms with Crippen molar-refractivity contribution in [1.82, 2.24) is 0 Å². The monoisotopic (exact) mass is 206 g/mol. The molecule has 1 atom stereocenters. The lowest BCUT2D eigenvalue weighted by Gasteiger charge is -2.08. The molecule has 0 aliphatic rings. The first-order chi connectivity index (χ1) is 7.00. The molecule has 3 N–H and O–H groups in total. The fourth-order valence-corrected chi connectivity index (χ4v) is 1.22. The van der Waals surface area contributed by atoms with Crippen LogP contribution in [0, 0.1) is 0 Å². The fraction of sp³-hybridized carbons (Fsp3) is 0.273. The predicted octanol–water partition coefficient (Wildman–Crippen LogP) is 1.23. The molecule has 0 saturated heterocycles. The molecule has 1 rings (SSSR count). The van der Waals surface area contributed by atoms with Gasteiger partial charge >= 0.3 is 0 Å². The molecule has 0 heterocycles. The van der Waals surface area contributed by atoms with E-state index in [1.165, 1.54) is 6.92 Å². The molecule has 4 heteroatoms. The Morgan fingerprint density at radius 1 is 1.27 bits per heavy atom. The van der Waals surface area contributed by atoms with E-state index < -0.39 is 0 Å². The van der Waals surface area contributed by atoms with E-state index in [2.05, 4.69) is 5.32 Å². The number of carbonyl (C=O) groups is 2. The van der Waals surface area contributed by atoms with Crippen LogP contribution >= 0.6 is 0 Å². The molecule has 15 heavy (non-hydrogen) atoms. The smallest absolute Gasteiger partial charge is 0.224 e. The Labute approximate surface area is 88.5 Å². The number of amides is 2. The van der Waals surface area contributed by atoms with Crippen LogP contribution in [0.1, 0.15) is 25.3 Å². The molecule has 0 aromatic heterocycles. The standard InChI is InChI=1S/C11H14N2O2/c1-7(11(12)15)9-3-5-10(6-4-9)13-8(2)14/h3-7H,1-2H3,(H2,12,15)(H,13,14)/t7-/m1/s1. The van der Waals surface area contributed by atoms with E-state index in [0.29, 0.717) is 5.69 Å². The normalized spacial score (nSPS) is 11.9. The summed E-state index contributed by atoms with van der Waals surface area (Å²) in [5, 5.41) is 2.65. The number of benzene rings is 1. The van der Waals surface area contributed by atoms with Gasteiger partial charge in [0.2, 0.25) is 11.8 Å². The molecule has 4 nitrogen and oxygen atoms in total. The number of carbonyl (C=O) groups excluding carboxylic acids is 2. The molecule has 0 bridgehead atoms. The third-order valence-corrected chi connectivity index (χ3v) is 2.16.